The van der Waals surface area contributed by atoms with Gasteiger partial charge in [0.05, 0.1) is 17.7 Å². The summed E-state index contributed by atoms with van der Waals surface area (Å²) in [5, 5.41) is 8.95. The van der Waals surface area contributed by atoms with Crippen molar-refractivity contribution in [2.75, 3.05) is 6.54 Å². The van der Waals surface area contributed by atoms with Crippen molar-refractivity contribution in [3.63, 3.8) is 0 Å². The second-order valence-electron chi connectivity index (χ2n) is 5.32. The average Bonchev–Trinajstić information content (AvgIpc) is 2.60. The molecule has 22 heavy (non-hydrogen) atoms. The molecule has 108 valence electrons. The van der Waals surface area contributed by atoms with Gasteiger partial charge in [-0.3, -0.25) is 4.79 Å². The molecule has 0 saturated heterocycles. The molecule has 1 atom stereocenters. The lowest BCUT2D eigenvalue weighted by atomic mass is 9.88. The topological polar surface area (TPSA) is 44.1 Å². The summed E-state index contributed by atoms with van der Waals surface area (Å²) in [6, 6.07) is 17.7. The number of fused-ring (bicyclic) bond motifs is 1. The van der Waals surface area contributed by atoms with Gasteiger partial charge in [0.1, 0.15) is 0 Å². The molecule has 1 amide bonds. The fourth-order valence-electron chi connectivity index (χ4n) is 3.02. The number of hydrogen-bond donors (Lipinski definition) is 0. The van der Waals surface area contributed by atoms with Crippen molar-refractivity contribution in [1.29, 1.82) is 5.26 Å². The van der Waals surface area contributed by atoms with Crippen LogP contribution in [0.1, 0.15) is 28.3 Å². The van der Waals surface area contributed by atoms with Crippen molar-refractivity contribution in [2.45, 2.75) is 12.5 Å². The molecule has 2 aromatic rings. The van der Waals surface area contributed by atoms with Crippen LogP contribution in [-0.2, 0) is 11.2 Å². The van der Waals surface area contributed by atoms with Crippen LogP contribution in [-0.4, -0.2) is 17.4 Å². The smallest absolute Gasteiger partial charge is 0.246 e. The second kappa shape index (κ2) is 5.87. The van der Waals surface area contributed by atoms with Crippen molar-refractivity contribution in [1.82, 2.24) is 4.90 Å². The standard InChI is InChI=1S/C19H16N2O/c1-2-18(22)21-12-11-15-5-3-4-6-17(15)19(21)16-9-7-14(13-20)8-10-16/h2-10,19H,1,11-12H2. The highest BCUT2D eigenvalue weighted by molar-refractivity contribution is 5.88. The van der Waals surface area contributed by atoms with Crippen molar-refractivity contribution >= 4 is 5.91 Å². The van der Waals surface area contributed by atoms with E-state index in [0.717, 1.165) is 17.5 Å². The Balaban J connectivity index is 2.10. The lowest BCUT2D eigenvalue weighted by Gasteiger charge is -2.37. The molecule has 0 spiro atoms. The third kappa shape index (κ3) is 2.40. The number of amides is 1. The maximum Gasteiger partial charge on any atom is 0.246 e. The summed E-state index contributed by atoms with van der Waals surface area (Å²) in [7, 11) is 0. The Morgan fingerprint density at radius 2 is 1.95 bits per heavy atom. The molecule has 2 aromatic carbocycles. The number of rotatable bonds is 2. The molecule has 1 aliphatic rings. The van der Waals surface area contributed by atoms with Gasteiger partial charge in [-0.2, -0.15) is 5.26 Å². The van der Waals surface area contributed by atoms with E-state index < -0.39 is 0 Å². The molecule has 1 aliphatic heterocycles. The van der Waals surface area contributed by atoms with E-state index in [2.05, 4.69) is 24.8 Å². The molecule has 0 aliphatic carbocycles. The normalized spacial score (nSPS) is 16.5. The Hall–Kier alpha value is -2.86. The molecule has 1 unspecified atom stereocenters. The first-order chi connectivity index (χ1) is 10.7. The number of carbonyl (C=O) groups is 1. The fraction of sp³-hybridized carbons (Fsp3) is 0.158. The van der Waals surface area contributed by atoms with E-state index in [1.54, 1.807) is 12.1 Å². The molecular weight excluding hydrogens is 272 g/mol. The Labute approximate surface area is 130 Å². The van der Waals surface area contributed by atoms with Gasteiger partial charge in [0.2, 0.25) is 5.91 Å². The van der Waals surface area contributed by atoms with E-state index in [1.165, 1.54) is 11.6 Å². The minimum absolute atomic E-state index is 0.0659. The van der Waals surface area contributed by atoms with Gasteiger partial charge >= 0.3 is 0 Å². The molecule has 3 heteroatoms. The Kier molecular flexibility index (Phi) is 3.76. The van der Waals surface area contributed by atoms with Gasteiger partial charge in [-0.25, -0.2) is 0 Å². The monoisotopic (exact) mass is 288 g/mol. The third-order valence-electron chi connectivity index (χ3n) is 4.10. The van der Waals surface area contributed by atoms with Gasteiger partial charge in [-0.05, 0) is 41.3 Å². The van der Waals surface area contributed by atoms with Crippen LogP contribution in [0.15, 0.2) is 61.2 Å². The van der Waals surface area contributed by atoms with E-state index in [-0.39, 0.29) is 11.9 Å². The van der Waals surface area contributed by atoms with Crippen LogP contribution < -0.4 is 0 Å². The van der Waals surface area contributed by atoms with E-state index in [0.29, 0.717) is 12.1 Å². The van der Waals surface area contributed by atoms with E-state index >= 15 is 0 Å². The predicted octanol–water partition coefficient (Wildman–Crippen LogP) is 3.22. The van der Waals surface area contributed by atoms with Gasteiger partial charge in [0.25, 0.3) is 0 Å². The van der Waals surface area contributed by atoms with Gasteiger partial charge in [0, 0.05) is 6.54 Å². The predicted molar refractivity (Wildman–Crippen MR) is 85.1 cm³/mol. The minimum Gasteiger partial charge on any atom is -0.328 e. The van der Waals surface area contributed by atoms with Gasteiger partial charge in [-0.15, -0.1) is 0 Å². The van der Waals surface area contributed by atoms with Gasteiger partial charge < -0.3 is 4.90 Å². The molecule has 0 aromatic heterocycles. The number of hydrogen-bond acceptors (Lipinski definition) is 2. The third-order valence-corrected chi connectivity index (χ3v) is 4.10. The number of carbonyl (C=O) groups excluding carboxylic acids is 1. The molecule has 0 N–H and O–H groups in total. The summed E-state index contributed by atoms with van der Waals surface area (Å²) in [6.45, 7) is 4.29. The summed E-state index contributed by atoms with van der Waals surface area (Å²) in [4.78, 5) is 14.1. The maximum atomic E-state index is 12.2. The summed E-state index contributed by atoms with van der Waals surface area (Å²) in [5.41, 5.74) is 4.05. The Morgan fingerprint density at radius 1 is 1.23 bits per heavy atom. The maximum absolute atomic E-state index is 12.2. The highest BCUT2D eigenvalue weighted by atomic mass is 16.2. The lowest BCUT2D eigenvalue weighted by Crippen LogP contribution is -2.39. The molecule has 1 heterocycles. The second-order valence-corrected chi connectivity index (χ2v) is 5.32. The van der Waals surface area contributed by atoms with E-state index in [9.17, 15) is 4.79 Å². The van der Waals surface area contributed by atoms with Crippen LogP contribution >= 0.6 is 0 Å². The molecule has 0 fully saturated rings. The molecular formula is C19H16N2O. The SMILES string of the molecule is C=CC(=O)N1CCc2ccccc2C1c1ccc(C#N)cc1. The van der Waals surface area contributed by atoms with Crippen LogP contribution in [0, 0.1) is 11.3 Å². The Morgan fingerprint density at radius 3 is 2.64 bits per heavy atom. The molecule has 3 rings (SSSR count). The quantitative estimate of drug-likeness (QED) is 0.796. The largest absolute Gasteiger partial charge is 0.328 e. The van der Waals surface area contributed by atoms with Crippen LogP contribution in [0.25, 0.3) is 0 Å². The lowest BCUT2D eigenvalue weighted by molar-refractivity contribution is -0.128. The van der Waals surface area contributed by atoms with Crippen LogP contribution in [0.5, 0.6) is 0 Å². The zero-order valence-electron chi connectivity index (χ0n) is 12.2. The highest BCUT2D eigenvalue weighted by Gasteiger charge is 2.30. The number of nitriles is 1. The van der Waals surface area contributed by atoms with Crippen LogP contribution in [0.3, 0.4) is 0 Å². The zero-order valence-corrected chi connectivity index (χ0v) is 12.2. The zero-order chi connectivity index (χ0) is 15.5. The Bertz CT molecular complexity index is 756. The fourth-order valence-corrected chi connectivity index (χ4v) is 3.02. The first-order valence-electron chi connectivity index (χ1n) is 7.25. The van der Waals surface area contributed by atoms with Crippen LogP contribution in [0.4, 0.5) is 0 Å². The van der Waals surface area contributed by atoms with E-state index in [4.69, 9.17) is 5.26 Å². The molecule has 0 saturated carbocycles. The van der Waals surface area contributed by atoms with Crippen molar-refractivity contribution in [3.8, 4) is 6.07 Å². The first-order valence-corrected chi connectivity index (χ1v) is 7.25. The van der Waals surface area contributed by atoms with Crippen LogP contribution in [0.2, 0.25) is 0 Å². The number of benzene rings is 2. The van der Waals surface area contributed by atoms with Crippen molar-refractivity contribution < 1.29 is 4.79 Å². The van der Waals surface area contributed by atoms with Gasteiger partial charge in [-0.1, -0.05) is 43.0 Å². The minimum atomic E-state index is -0.122. The summed E-state index contributed by atoms with van der Waals surface area (Å²) in [5.74, 6) is -0.0659. The summed E-state index contributed by atoms with van der Waals surface area (Å²) >= 11 is 0. The average molecular weight is 288 g/mol. The van der Waals surface area contributed by atoms with E-state index in [1.807, 2.05) is 29.2 Å². The summed E-state index contributed by atoms with van der Waals surface area (Å²) in [6.07, 6.45) is 2.22. The molecule has 0 radical (unpaired) electrons. The highest BCUT2D eigenvalue weighted by Crippen LogP contribution is 2.35. The number of nitrogens with zero attached hydrogens (tertiary/aromatic N) is 2. The van der Waals surface area contributed by atoms with Gasteiger partial charge in [0.15, 0.2) is 0 Å². The van der Waals surface area contributed by atoms with Crippen molar-refractivity contribution in [3.05, 3.63) is 83.4 Å². The summed E-state index contributed by atoms with van der Waals surface area (Å²) < 4.78 is 0. The molecule has 0 bridgehead atoms. The molecule has 3 nitrogen and oxygen atoms in total. The first kappa shape index (κ1) is 14.1. The van der Waals surface area contributed by atoms with Crippen molar-refractivity contribution in [2.24, 2.45) is 0 Å².